The van der Waals surface area contributed by atoms with Crippen molar-refractivity contribution in [2.45, 2.75) is 84.2 Å². The van der Waals surface area contributed by atoms with Crippen molar-refractivity contribution in [3.8, 4) is 0 Å². The molecular formula is C20H32N4O2. The normalized spacial score (nSPS) is 17.8. The van der Waals surface area contributed by atoms with Crippen LogP contribution in [0, 0.1) is 5.92 Å². The molecule has 26 heavy (non-hydrogen) atoms. The van der Waals surface area contributed by atoms with Crippen LogP contribution in [0.2, 0.25) is 0 Å². The van der Waals surface area contributed by atoms with Crippen LogP contribution in [0.1, 0.15) is 92.0 Å². The topological polar surface area (TPSA) is 76.0 Å². The van der Waals surface area contributed by atoms with Gasteiger partial charge in [-0.3, -0.25) is 9.59 Å². The highest BCUT2D eigenvalue weighted by molar-refractivity contribution is 5.97. The SMILES string of the molecule is CC(C)CCNC(=O)c1nc(C(=O)NC2CCCCC2)n2c1CCCC2. The number of aromatic nitrogens is 2. The molecule has 1 aliphatic carbocycles. The zero-order valence-electron chi connectivity index (χ0n) is 16.1. The van der Waals surface area contributed by atoms with Crippen LogP contribution < -0.4 is 10.6 Å². The molecule has 0 spiro atoms. The summed E-state index contributed by atoms with van der Waals surface area (Å²) in [5.41, 5.74) is 1.37. The quantitative estimate of drug-likeness (QED) is 0.818. The van der Waals surface area contributed by atoms with Crippen LogP contribution in [0.25, 0.3) is 0 Å². The number of amides is 2. The Hall–Kier alpha value is -1.85. The van der Waals surface area contributed by atoms with Crippen LogP contribution in [0.3, 0.4) is 0 Å². The fraction of sp³-hybridized carbons (Fsp3) is 0.750. The number of hydrogen-bond donors (Lipinski definition) is 2. The Balaban J connectivity index is 1.74. The molecule has 2 N–H and O–H groups in total. The maximum atomic E-state index is 12.8. The van der Waals surface area contributed by atoms with E-state index in [4.69, 9.17) is 0 Å². The zero-order chi connectivity index (χ0) is 18.5. The molecule has 6 nitrogen and oxygen atoms in total. The lowest BCUT2D eigenvalue weighted by molar-refractivity contribution is 0.0911. The molecule has 1 aromatic heterocycles. The molecule has 0 saturated heterocycles. The van der Waals surface area contributed by atoms with E-state index in [9.17, 15) is 9.59 Å². The lowest BCUT2D eigenvalue weighted by atomic mass is 9.95. The minimum absolute atomic E-state index is 0.124. The van der Waals surface area contributed by atoms with E-state index in [1.54, 1.807) is 0 Å². The average molecular weight is 361 g/mol. The number of carbonyl (C=O) groups is 2. The number of rotatable bonds is 6. The summed E-state index contributed by atoms with van der Waals surface area (Å²) < 4.78 is 1.97. The van der Waals surface area contributed by atoms with E-state index in [0.29, 0.717) is 24.0 Å². The fourth-order valence-corrected chi connectivity index (χ4v) is 3.95. The fourth-order valence-electron chi connectivity index (χ4n) is 3.95. The van der Waals surface area contributed by atoms with Crippen LogP contribution in [0.4, 0.5) is 0 Å². The van der Waals surface area contributed by atoms with Gasteiger partial charge in [-0.25, -0.2) is 4.98 Å². The number of carbonyl (C=O) groups excluding carboxylic acids is 2. The summed E-state index contributed by atoms with van der Waals surface area (Å²) in [5, 5.41) is 6.11. The van der Waals surface area contributed by atoms with E-state index >= 15 is 0 Å². The molecule has 1 aliphatic heterocycles. The van der Waals surface area contributed by atoms with Gasteiger partial charge >= 0.3 is 0 Å². The molecule has 1 saturated carbocycles. The third-order valence-electron chi connectivity index (χ3n) is 5.48. The van der Waals surface area contributed by atoms with Crippen molar-refractivity contribution < 1.29 is 9.59 Å². The summed E-state index contributed by atoms with van der Waals surface area (Å²) in [7, 11) is 0. The molecule has 1 fully saturated rings. The lowest BCUT2D eigenvalue weighted by Gasteiger charge is -2.23. The van der Waals surface area contributed by atoms with Crippen molar-refractivity contribution in [2.75, 3.05) is 6.54 Å². The van der Waals surface area contributed by atoms with Crippen molar-refractivity contribution in [3.05, 3.63) is 17.2 Å². The van der Waals surface area contributed by atoms with Crippen molar-refractivity contribution in [1.29, 1.82) is 0 Å². The van der Waals surface area contributed by atoms with E-state index in [2.05, 4.69) is 29.5 Å². The first-order valence-corrected chi connectivity index (χ1v) is 10.2. The Morgan fingerprint density at radius 1 is 1.12 bits per heavy atom. The second-order valence-corrected chi connectivity index (χ2v) is 8.09. The maximum Gasteiger partial charge on any atom is 0.287 e. The van der Waals surface area contributed by atoms with Gasteiger partial charge in [0.2, 0.25) is 0 Å². The smallest absolute Gasteiger partial charge is 0.287 e. The maximum absolute atomic E-state index is 12.8. The molecule has 144 valence electrons. The average Bonchev–Trinajstić information content (AvgIpc) is 3.02. The highest BCUT2D eigenvalue weighted by atomic mass is 16.2. The van der Waals surface area contributed by atoms with E-state index in [1.165, 1.54) is 19.3 Å². The summed E-state index contributed by atoms with van der Waals surface area (Å²) in [5.74, 6) is 0.691. The molecule has 0 unspecified atom stereocenters. The molecule has 2 amide bonds. The van der Waals surface area contributed by atoms with E-state index in [0.717, 1.165) is 50.8 Å². The summed E-state index contributed by atoms with van der Waals surface area (Å²) in [6, 6.07) is 0.246. The van der Waals surface area contributed by atoms with Gasteiger partial charge in [0, 0.05) is 19.1 Å². The monoisotopic (exact) mass is 360 g/mol. The molecule has 0 bridgehead atoms. The van der Waals surface area contributed by atoms with Crippen LogP contribution in [0.5, 0.6) is 0 Å². The minimum atomic E-state index is -0.145. The first kappa shape index (κ1) is 18.9. The Labute approximate surface area is 156 Å². The minimum Gasteiger partial charge on any atom is -0.351 e. The molecule has 2 aliphatic rings. The van der Waals surface area contributed by atoms with Gasteiger partial charge in [-0.1, -0.05) is 33.1 Å². The molecule has 6 heteroatoms. The van der Waals surface area contributed by atoms with Gasteiger partial charge in [0.05, 0.1) is 5.69 Å². The standard InChI is InChI=1S/C20H32N4O2/c1-14(2)11-12-21-19(25)17-16-10-6-7-13-24(16)18(23-17)20(26)22-15-8-4-3-5-9-15/h14-15H,3-13H2,1-2H3,(H,21,25)(H,22,26). The second-order valence-electron chi connectivity index (χ2n) is 8.09. The summed E-state index contributed by atoms with van der Waals surface area (Å²) >= 11 is 0. The highest BCUT2D eigenvalue weighted by Gasteiger charge is 2.28. The largest absolute Gasteiger partial charge is 0.351 e. The molecular weight excluding hydrogens is 328 g/mol. The van der Waals surface area contributed by atoms with Gasteiger partial charge in [-0.05, 0) is 44.4 Å². The summed E-state index contributed by atoms with van der Waals surface area (Å²) in [4.78, 5) is 29.9. The van der Waals surface area contributed by atoms with Crippen molar-refractivity contribution in [1.82, 2.24) is 20.2 Å². The number of nitrogens with zero attached hydrogens (tertiary/aromatic N) is 2. The third kappa shape index (κ3) is 4.46. The zero-order valence-corrected chi connectivity index (χ0v) is 16.1. The molecule has 0 aromatic carbocycles. The van der Waals surface area contributed by atoms with Gasteiger partial charge < -0.3 is 15.2 Å². The molecule has 2 heterocycles. The van der Waals surface area contributed by atoms with Crippen molar-refractivity contribution in [3.63, 3.8) is 0 Å². The first-order valence-electron chi connectivity index (χ1n) is 10.2. The predicted octanol–water partition coefficient (Wildman–Crippen LogP) is 3.06. The van der Waals surface area contributed by atoms with Gasteiger partial charge in [-0.2, -0.15) is 0 Å². The van der Waals surface area contributed by atoms with Crippen LogP contribution in [-0.4, -0.2) is 34.0 Å². The van der Waals surface area contributed by atoms with Crippen LogP contribution in [-0.2, 0) is 13.0 Å². The van der Waals surface area contributed by atoms with Gasteiger partial charge in [-0.15, -0.1) is 0 Å². The van der Waals surface area contributed by atoms with E-state index in [1.807, 2.05) is 4.57 Å². The second kappa shape index (κ2) is 8.69. The van der Waals surface area contributed by atoms with Gasteiger partial charge in [0.15, 0.2) is 5.82 Å². The van der Waals surface area contributed by atoms with Crippen molar-refractivity contribution in [2.24, 2.45) is 5.92 Å². The van der Waals surface area contributed by atoms with Gasteiger partial charge in [0.1, 0.15) is 5.69 Å². The number of imidazole rings is 1. The lowest BCUT2D eigenvalue weighted by Crippen LogP contribution is -2.37. The number of fused-ring (bicyclic) bond motifs is 1. The summed E-state index contributed by atoms with van der Waals surface area (Å²) in [6.45, 7) is 5.69. The third-order valence-corrected chi connectivity index (χ3v) is 5.48. The first-order chi connectivity index (χ1) is 12.6. The van der Waals surface area contributed by atoms with Crippen LogP contribution in [0.15, 0.2) is 0 Å². The van der Waals surface area contributed by atoms with E-state index < -0.39 is 0 Å². The number of hydrogen-bond acceptors (Lipinski definition) is 3. The van der Waals surface area contributed by atoms with Crippen molar-refractivity contribution >= 4 is 11.8 Å². The highest BCUT2D eigenvalue weighted by Crippen LogP contribution is 2.22. The molecule has 3 rings (SSSR count). The molecule has 0 atom stereocenters. The summed E-state index contributed by atoms with van der Waals surface area (Å²) in [6.07, 6.45) is 9.52. The Kier molecular flexibility index (Phi) is 6.33. The molecule has 0 radical (unpaired) electrons. The Morgan fingerprint density at radius 2 is 1.88 bits per heavy atom. The number of nitrogens with one attached hydrogen (secondary N) is 2. The molecule has 1 aromatic rings. The Bertz CT molecular complexity index is 644. The predicted molar refractivity (Wildman–Crippen MR) is 101 cm³/mol. The Morgan fingerprint density at radius 3 is 2.62 bits per heavy atom. The van der Waals surface area contributed by atoms with Gasteiger partial charge in [0.25, 0.3) is 11.8 Å². The van der Waals surface area contributed by atoms with E-state index in [-0.39, 0.29) is 17.9 Å². The van der Waals surface area contributed by atoms with Crippen LogP contribution >= 0.6 is 0 Å².